The van der Waals surface area contributed by atoms with Gasteiger partial charge in [-0.3, -0.25) is 16.0 Å². The standard InChI is InChI=1S/C12H18N4O2S/c1-12(3-2-4-19-12)8-14-9-5-10(15-13)7-11(6-9)16(17)18/h5-7,14-15H,2-4,8,13H2,1H3. The van der Waals surface area contributed by atoms with Gasteiger partial charge in [-0.1, -0.05) is 0 Å². The summed E-state index contributed by atoms with van der Waals surface area (Å²) in [6, 6.07) is 4.72. The number of nitrogens with zero attached hydrogens (tertiary/aromatic N) is 1. The molecule has 1 aliphatic heterocycles. The van der Waals surface area contributed by atoms with E-state index in [2.05, 4.69) is 17.7 Å². The number of anilines is 2. The van der Waals surface area contributed by atoms with Crippen LogP contribution in [0.3, 0.4) is 0 Å². The number of non-ortho nitro benzene ring substituents is 1. The minimum Gasteiger partial charge on any atom is -0.383 e. The fourth-order valence-corrected chi connectivity index (χ4v) is 3.41. The van der Waals surface area contributed by atoms with Gasteiger partial charge in [0.2, 0.25) is 0 Å². The van der Waals surface area contributed by atoms with Crippen LogP contribution in [-0.4, -0.2) is 22.0 Å². The molecular weight excluding hydrogens is 264 g/mol. The molecule has 1 saturated heterocycles. The molecule has 6 nitrogen and oxygen atoms in total. The number of hydrazine groups is 1. The summed E-state index contributed by atoms with van der Waals surface area (Å²) in [5.41, 5.74) is 3.73. The topological polar surface area (TPSA) is 93.2 Å². The largest absolute Gasteiger partial charge is 0.383 e. The van der Waals surface area contributed by atoms with E-state index in [1.807, 2.05) is 11.8 Å². The average Bonchev–Trinajstić information content (AvgIpc) is 2.83. The van der Waals surface area contributed by atoms with Crippen LogP contribution in [0, 0.1) is 10.1 Å². The van der Waals surface area contributed by atoms with Crippen LogP contribution in [0.25, 0.3) is 0 Å². The summed E-state index contributed by atoms with van der Waals surface area (Å²) in [4.78, 5) is 10.4. The minimum absolute atomic E-state index is 0.0298. The van der Waals surface area contributed by atoms with Crippen LogP contribution in [0.4, 0.5) is 17.1 Å². The van der Waals surface area contributed by atoms with Crippen LogP contribution >= 0.6 is 11.8 Å². The summed E-state index contributed by atoms with van der Waals surface area (Å²) in [5.74, 6) is 6.51. The van der Waals surface area contributed by atoms with Crippen molar-refractivity contribution in [3.05, 3.63) is 28.3 Å². The Morgan fingerprint density at radius 3 is 2.79 bits per heavy atom. The first-order valence-electron chi connectivity index (χ1n) is 6.16. The quantitative estimate of drug-likeness (QED) is 0.436. The molecule has 0 amide bonds. The van der Waals surface area contributed by atoms with Crippen molar-refractivity contribution in [3.63, 3.8) is 0 Å². The molecule has 2 rings (SSSR count). The van der Waals surface area contributed by atoms with Gasteiger partial charge in [-0.05, 0) is 31.6 Å². The maximum Gasteiger partial charge on any atom is 0.273 e. The van der Waals surface area contributed by atoms with E-state index in [4.69, 9.17) is 5.84 Å². The SMILES string of the molecule is CC1(CNc2cc(NN)cc([N+](=O)[O-])c2)CCCS1. The second-order valence-electron chi connectivity index (χ2n) is 4.93. The highest BCUT2D eigenvalue weighted by molar-refractivity contribution is 8.00. The zero-order valence-electron chi connectivity index (χ0n) is 10.8. The lowest BCUT2D eigenvalue weighted by atomic mass is 10.1. The van der Waals surface area contributed by atoms with Gasteiger partial charge in [-0.15, -0.1) is 0 Å². The Kier molecular flexibility index (Phi) is 4.16. The highest BCUT2D eigenvalue weighted by Gasteiger charge is 2.29. The van der Waals surface area contributed by atoms with Crippen LogP contribution in [0.15, 0.2) is 18.2 Å². The van der Waals surface area contributed by atoms with Crippen molar-refractivity contribution in [3.8, 4) is 0 Å². The van der Waals surface area contributed by atoms with E-state index in [9.17, 15) is 10.1 Å². The van der Waals surface area contributed by atoms with E-state index in [0.29, 0.717) is 5.69 Å². The molecule has 7 heteroatoms. The van der Waals surface area contributed by atoms with Gasteiger partial charge in [0.25, 0.3) is 5.69 Å². The predicted octanol–water partition coefficient (Wildman–Crippen LogP) is 2.58. The number of nitrogens with two attached hydrogens (primary N) is 1. The third-order valence-corrected chi connectivity index (χ3v) is 4.80. The predicted molar refractivity (Wildman–Crippen MR) is 79.5 cm³/mol. The lowest BCUT2D eigenvalue weighted by molar-refractivity contribution is -0.384. The number of benzene rings is 1. The van der Waals surface area contributed by atoms with Crippen molar-refractivity contribution in [1.29, 1.82) is 0 Å². The zero-order valence-corrected chi connectivity index (χ0v) is 11.6. The number of nitro groups is 1. The Morgan fingerprint density at radius 1 is 1.47 bits per heavy atom. The smallest absolute Gasteiger partial charge is 0.273 e. The highest BCUT2D eigenvalue weighted by Crippen LogP contribution is 2.38. The van der Waals surface area contributed by atoms with Gasteiger partial charge >= 0.3 is 0 Å². The number of rotatable bonds is 5. The molecule has 4 N–H and O–H groups in total. The summed E-state index contributed by atoms with van der Waals surface area (Å²) < 4.78 is 0.209. The summed E-state index contributed by atoms with van der Waals surface area (Å²) in [6.45, 7) is 3.01. The van der Waals surface area contributed by atoms with E-state index < -0.39 is 4.92 Å². The molecule has 0 aromatic heterocycles. The Balaban J connectivity index is 2.10. The van der Waals surface area contributed by atoms with Gasteiger partial charge in [0.15, 0.2) is 0 Å². The normalized spacial score (nSPS) is 22.2. The maximum absolute atomic E-state index is 10.8. The molecule has 1 aromatic carbocycles. The Labute approximate surface area is 116 Å². The van der Waals surface area contributed by atoms with E-state index in [1.165, 1.54) is 30.7 Å². The molecule has 1 aromatic rings. The number of nitrogen functional groups attached to an aromatic ring is 1. The molecule has 1 atom stereocenters. The zero-order chi connectivity index (χ0) is 13.9. The molecule has 104 valence electrons. The molecule has 1 aliphatic rings. The van der Waals surface area contributed by atoms with Crippen molar-refractivity contribution in [2.45, 2.75) is 24.5 Å². The van der Waals surface area contributed by atoms with Crippen molar-refractivity contribution in [2.75, 3.05) is 23.0 Å². The lowest BCUT2D eigenvalue weighted by Crippen LogP contribution is -2.27. The summed E-state index contributed by atoms with van der Waals surface area (Å²) in [7, 11) is 0. The molecule has 19 heavy (non-hydrogen) atoms. The van der Waals surface area contributed by atoms with Gasteiger partial charge < -0.3 is 10.7 Å². The van der Waals surface area contributed by atoms with Gasteiger partial charge in [-0.2, -0.15) is 11.8 Å². The third-order valence-electron chi connectivity index (χ3n) is 3.26. The first-order valence-corrected chi connectivity index (χ1v) is 7.15. The molecule has 0 radical (unpaired) electrons. The summed E-state index contributed by atoms with van der Waals surface area (Å²) >= 11 is 1.95. The Bertz CT molecular complexity index is 475. The van der Waals surface area contributed by atoms with Crippen molar-refractivity contribution >= 4 is 28.8 Å². The van der Waals surface area contributed by atoms with E-state index in [1.54, 1.807) is 6.07 Å². The van der Waals surface area contributed by atoms with Crippen LogP contribution in [-0.2, 0) is 0 Å². The number of thioether (sulfide) groups is 1. The number of nitrogens with one attached hydrogen (secondary N) is 2. The first kappa shape index (κ1) is 14.0. The van der Waals surface area contributed by atoms with E-state index in [0.717, 1.165) is 12.2 Å². The van der Waals surface area contributed by atoms with Crippen molar-refractivity contribution in [1.82, 2.24) is 0 Å². The van der Waals surface area contributed by atoms with E-state index >= 15 is 0 Å². The number of nitro benzene ring substituents is 1. The lowest BCUT2D eigenvalue weighted by Gasteiger charge is -2.23. The molecule has 1 unspecified atom stereocenters. The van der Waals surface area contributed by atoms with Crippen molar-refractivity contribution < 1.29 is 4.92 Å². The van der Waals surface area contributed by atoms with Gasteiger partial charge in [0.05, 0.1) is 10.6 Å². The average molecular weight is 282 g/mol. The van der Waals surface area contributed by atoms with Gasteiger partial charge in [-0.25, -0.2) is 0 Å². The number of hydrogen-bond acceptors (Lipinski definition) is 6. The van der Waals surface area contributed by atoms with Gasteiger partial charge in [0.1, 0.15) is 0 Å². The molecule has 0 aliphatic carbocycles. The summed E-state index contributed by atoms with van der Waals surface area (Å²) in [5, 5.41) is 14.1. The fraction of sp³-hybridized carbons (Fsp3) is 0.500. The second-order valence-corrected chi connectivity index (χ2v) is 6.61. The van der Waals surface area contributed by atoms with E-state index in [-0.39, 0.29) is 10.4 Å². The summed E-state index contributed by atoms with van der Waals surface area (Å²) in [6.07, 6.45) is 2.40. The Morgan fingerprint density at radius 2 is 2.21 bits per heavy atom. The van der Waals surface area contributed by atoms with Crippen molar-refractivity contribution in [2.24, 2.45) is 5.84 Å². The van der Waals surface area contributed by atoms with Crippen LogP contribution in [0.2, 0.25) is 0 Å². The number of hydrogen-bond donors (Lipinski definition) is 3. The van der Waals surface area contributed by atoms with Crippen LogP contribution < -0.4 is 16.6 Å². The Hall–Kier alpha value is -1.47. The molecule has 0 saturated carbocycles. The molecule has 0 spiro atoms. The second kappa shape index (κ2) is 5.66. The monoisotopic (exact) mass is 282 g/mol. The molecular formula is C12H18N4O2S. The van der Waals surface area contributed by atoms with Crippen LogP contribution in [0.5, 0.6) is 0 Å². The highest BCUT2D eigenvalue weighted by atomic mass is 32.2. The fourth-order valence-electron chi connectivity index (χ4n) is 2.17. The molecule has 1 fully saturated rings. The first-order chi connectivity index (χ1) is 9.02. The molecule has 0 bridgehead atoms. The maximum atomic E-state index is 10.8. The minimum atomic E-state index is -0.419. The van der Waals surface area contributed by atoms with Crippen LogP contribution in [0.1, 0.15) is 19.8 Å². The van der Waals surface area contributed by atoms with Gasteiger partial charge in [0, 0.05) is 29.1 Å². The molecule has 1 heterocycles. The third kappa shape index (κ3) is 3.51.